The van der Waals surface area contributed by atoms with E-state index < -0.39 is 0 Å². The average Bonchev–Trinajstić information content (AvgIpc) is 3.00. The SMILES string of the molecule is CCCCCCCCCC(=O)Nc1cccc(-n2nnnc2S)c1. The Morgan fingerprint density at radius 1 is 1.17 bits per heavy atom. The molecule has 1 aromatic carbocycles. The largest absolute Gasteiger partial charge is 0.326 e. The molecule has 1 aromatic heterocycles. The van der Waals surface area contributed by atoms with Crippen molar-refractivity contribution in [2.24, 2.45) is 0 Å². The molecule has 0 bridgehead atoms. The summed E-state index contributed by atoms with van der Waals surface area (Å²) in [6, 6.07) is 7.41. The number of unbranched alkanes of at least 4 members (excludes halogenated alkanes) is 6. The van der Waals surface area contributed by atoms with Gasteiger partial charge in [-0.1, -0.05) is 51.5 Å². The molecule has 1 N–H and O–H groups in total. The fourth-order valence-electron chi connectivity index (χ4n) is 2.53. The van der Waals surface area contributed by atoms with Crippen LogP contribution in [0.1, 0.15) is 58.3 Å². The number of aromatic nitrogens is 4. The van der Waals surface area contributed by atoms with Crippen molar-refractivity contribution in [3.63, 3.8) is 0 Å². The summed E-state index contributed by atoms with van der Waals surface area (Å²) < 4.78 is 1.51. The molecule has 0 spiro atoms. The van der Waals surface area contributed by atoms with E-state index in [1.165, 1.54) is 36.8 Å². The molecule has 2 rings (SSSR count). The van der Waals surface area contributed by atoms with Gasteiger partial charge >= 0.3 is 0 Å². The molecule has 0 unspecified atom stereocenters. The number of thiol groups is 1. The molecule has 0 saturated heterocycles. The molecule has 0 fully saturated rings. The summed E-state index contributed by atoms with van der Waals surface area (Å²) in [6.07, 6.45) is 8.98. The van der Waals surface area contributed by atoms with Crippen LogP contribution >= 0.6 is 12.6 Å². The first-order valence-corrected chi connectivity index (χ1v) is 9.03. The van der Waals surface area contributed by atoms with Crippen LogP contribution in [0.2, 0.25) is 0 Å². The maximum Gasteiger partial charge on any atom is 0.224 e. The summed E-state index contributed by atoms with van der Waals surface area (Å²) in [5.74, 6) is 0.0449. The van der Waals surface area contributed by atoms with Gasteiger partial charge in [-0.2, -0.15) is 4.68 Å². The summed E-state index contributed by atoms with van der Waals surface area (Å²) >= 11 is 4.19. The lowest BCUT2D eigenvalue weighted by molar-refractivity contribution is -0.116. The van der Waals surface area contributed by atoms with E-state index in [1.54, 1.807) is 0 Å². The van der Waals surface area contributed by atoms with Gasteiger partial charge in [0.25, 0.3) is 0 Å². The summed E-state index contributed by atoms with van der Waals surface area (Å²) in [5, 5.41) is 14.5. The van der Waals surface area contributed by atoms with Gasteiger partial charge in [-0.3, -0.25) is 4.79 Å². The standard InChI is InChI=1S/C17H25N5OS/c1-2-3-4-5-6-7-8-12-16(23)18-14-10-9-11-15(13-14)22-17(24)19-20-21-22/h9-11,13H,2-8,12H2,1H3,(H,18,23)(H,19,21,24). The number of hydrogen-bond acceptors (Lipinski definition) is 5. The zero-order chi connectivity index (χ0) is 17.2. The molecule has 0 aliphatic carbocycles. The lowest BCUT2D eigenvalue weighted by Gasteiger charge is -2.07. The Balaban J connectivity index is 1.75. The van der Waals surface area contributed by atoms with Crippen molar-refractivity contribution in [2.75, 3.05) is 5.32 Å². The normalized spacial score (nSPS) is 10.8. The second-order valence-electron chi connectivity index (χ2n) is 5.86. The number of benzene rings is 1. The summed E-state index contributed by atoms with van der Waals surface area (Å²) in [6.45, 7) is 2.22. The predicted molar refractivity (Wildman–Crippen MR) is 97.6 cm³/mol. The van der Waals surface area contributed by atoms with Gasteiger partial charge in [-0.05, 0) is 35.0 Å². The highest BCUT2D eigenvalue weighted by Crippen LogP contribution is 2.16. The molecule has 7 heteroatoms. The highest BCUT2D eigenvalue weighted by molar-refractivity contribution is 7.80. The second-order valence-corrected chi connectivity index (χ2v) is 6.26. The van der Waals surface area contributed by atoms with Gasteiger partial charge in [-0.15, -0.1) is 17.7 Å². The molecular formula is C17H25N5OS. The third-order valence-electron chi connectivity index (χ3n) is 3.83. The van der Waals surface area contributed by atoms with Crippen LogP contribution in [0.5, 0.6) is 0 Å². The van der Waals surface area contributed by atoms with Crippen molar-refractivity contribution in [2.45, 2.75) is 63.4 Å². The number of nitrogens with one attached hydrogen (secondary N) is 1. The molecule has 1 heterocycles. The Kier molecular flexibility index (Phi) is 7.74. The fraction of sp³-hybridized carbons (Fsp3) is 0.529. The van der Waals surface area contributed by atoms with E-state index in [1.807, 2.05) is 24.3 Å². The first kappa shape index (κ1) is 18.4. The number of anilines is 1. The van der Waals surface area contributed by atoms with Crippen LogP contribution in [0, 0.1) is 0 Å². The van der Waals surface area contributed by atoms with Crippen molar-refractivity contribution >= 4 is 24.2 Å². The van der Waals surface area contributed by atoms with E-state index in [0.29, 0.717) is 11.6 Å². The fourth-order valence-corrected chi connectivity index (χ4v) is 2.73. The maximum atomic E-state index is 12.0. The van der Waals surface area contributed by atoms with Crippen LogP contribution in [0.3, 0.4) is 0 Å². The Labute approximate surface area is 148 Å². The summed E-state index contributed by atoms with van der Waals surface area (Å²) in [4.78, 5) is 12.0. The average molecular weight is 347 g/mol. The number of rotatable bonds is 10. The molecule has 6 nitrogen and oxygen atoms in total. The van der Waals surface area contributed by atoms with Gasteiger partial charge in [-0.25, -0.2) is 0 Å². The number of tetrazole rings is 1. The molecule has 0 atom stereocenters. The predicted octanol–water partition coefficient (Wildman–Crippen LogP) is 4.03. The summed E-state index contributed by atoms with van der Waals surface area (Å²) in [7, 11) is 0. The minimum absolute atomic E-state index is 0.0449. The maximum absolute atomic E-state index is 12.0. The van der Waals surface area contributed by atoms with Crippen LogP contribution in [-0.4, -0.2) is 26.1 Å². The van der Waals surface area contributed by atoms with E-state index in [0.717, 1.165) is 24.2 Å². The Hall–Kier alpha value is -1.89. The molecule has 1 amide bonds. The van der Waals surface area contributed by atoms with E-state index in [2.05, 4.69) is 40.4 Å². The topological polar surface area (TPSA) is 72.7 Å². The summed E-state index contributed by atoms with van der Waals surface area (Å²) in [5.41, 5.74) is 1.50. The highest BCUT2D eigenvalue weighted by atomic mass is 32.1. The Morgan fingerprint density at radius 3 is 2.62 bits per heavy atom. The van der Waals surface area contributed by atoms with Crippen LogP contribution in [-0.2, 0) is 4.79 Å². The smallest absolute Gasteiger partial charge is 0.224 e. The lowest BCUT2D eigenvalue weighted by atomic mass is 10.1. The van der Waals surface area contributed by atoms with Crippen LogP contribution in [0.4, 0.5) is 5.69 Å². The van der Waals surface area contributed by atoms with E-state index in [4.69, 9.17) is 0 Å². The van der Waals surface area contributed by atoms with Crippen molar-refractivity contribution in [3.05, 3.63) is 24.3 Å². The molecule has 24 heavy (non-hydrogen) atoms. The minimum atomic E-state index is 0.0449. The number of amides is 1. The van der Waals surface area contributed by atoms with Crippen molar-refractivity contribution in [1.82, 2.24) is 20.2 Å². The monoisotopic (exact) mass is 347 g/mol. The lowest BCUT2D eigenvalue weighted by Crippen LogP contribution is -2.11. The first-order valence-electron chi connectivity index (χ1n) is 8.58. The quantitative estimate of drug-likeness (QED) is 0.503. The van der Waals surface area contributed by atoms with Crippen molar-refractivity contribution in [3.8, 4) is 5.69 Å². The highest BCUT2D eigenvalue weighted by Gasteiger charge is 2.07. The van der Waals surface area contributed by atoms with Crippen LogP contribution in [0.25, 0.3) is 5.69 Å². The zero-order valence-electron chi connectivity index (χ0n) is 14.1. The van der Waals surface area contributed by atoms with Gasteiger partial charge in [0.1, 0.15) is 0 Å². The first-order chi connectivity index (χ1) is 11.7. The van der Waals surface area contributed by atoms with Crippen molar-refractivity contribution < 1.29 is 4.79 Å². The van der Waals surface area contributed by atoms with Crippen LogP contribution in [0.15, 0.2) is 29.4 Å². The van der Waals surface area contributed by atoms with Gasteiger partial charge in [0, 0.05) is 12.1 Å². The van der Waals surface area contributed by atoms with E-state index in [-0.39, 0.29) is 5.91 Å². The number of carbonyl (C=O) groups excluding carboxylic acids is 1. The molecule has 0 saturated carbocycles. The van der Waals surface area contributed by atoms with E-state index >= 15 is 0 Å². The molecule has 2 aromatic rings. The molecular weight excluding hydrogens is 322 g/mol. The number of hydrogen-bond donors (Lipinski definition) is 2. The van der Waals surface area contributed by atoms with Crippen LogP contribution < -0.4 is 5.32 Å². The second kappa shape index (κ2) is 10.1. The molecule has 130 valence electrons. The van der Waals surface area contributed by atoms with Gasteiger partial charge < -0.3 is 5.32 Å². The Morgan fingerprint density at radius 2 is 1.92 bits per heavy atom. The third kappa shape index (κ3) is 5.96. The van der Waals surface area contributed by atoms with Gasteiger partial charge in [0.15, 0.2) is 0 Å². The minimum Gasteiger partial charge on any atom is -0.326 e. The third-order valence-corrected chi connectivity index (χ3v) is 4.11. The van der Waals surface area contributed by atoms with E-state index in [9.17, 15) is 4.79 Å². The molecule has 0 aliphatic rings. The number of nitrogens with zero attached hydrogens (tertiary/aromatic N) is 4. The number of carbonyl (C=O) groups is 1. The van der Waals surface area contributed by atoms with Gasteiger partial charge in [0.2, 0.25) is 11.1 Å². The molecule has 0 aliphatic heterocycles. The Bertz CT molecular complexity index is 643. The van der Waals surface area contributed by atoms with Crippen molar-refractivity contribution in [1.29, 1.82) is 0 Å². The van der Waals surface area contributed by atoms with Gasteiger partial charge in [0.05, 0.1) is 5.69 Å². The zero-order valence-corrected chi connectivity index (χ0v) is 15.0. The molecule has 0 radical (unpaired) electrons.